The van der Waals surface area contributed by atoms with Gasteiger partial charge in [0, 0.05) is 30.0 Å². The van der Waals surface area contributed by atoms with Crippen molar-refractivity contribution in [3.8, 4) is 0 Å². The van der Waals surface area contributed by atoms with Gasteiger partial charge in [0.2, 0.25) is 0 Å². The van der Waals surface area contributed by atoms with Crippen LogP contribution in [0.3, 0.4) is 0 Å². The number of anilines is 1. The van der Waals surface area contributed by atoms with Crippen molar-refractivity contribution in [3.05, 3.63) is 54.5 Å². The maximum absolute atomic E-state index is 4.12. The van der Waals surface area contributed by atoms with Crippen LogP contribution < -0.4 is 5.32 Å². The van der Waals surface area contributed by atoms with Crippen molar-refractivity contribution in [2.24, 2.45) is 0 Å². The van der Waals surface area contributed by atoms with E-state index in [1.165, 1.54) is 5.56 Å². The van der Waals surface area contributed by atoms with Crippen molar-refractivity contribution in [1.82, 2.24) is 15.2 Å². The summed E-state index contributed by atoms with van der Waals surface area (Å²) in [5.74, 6) is 0. The summed E-state index contributed by atoms with van der Waals surface area (Å²) in [5, 5.41) is 11.6. The van der Waals surface area contributed by atoms with Gasteiger partial charge in [0.05, 0.1) is 11.7 Å². The molecule has 3 aromatic rings. The van der Waals surface area contributed by atoms with Gasteiger partial charge in [-0.3, -0.25) is 10.1 Å². The number of nitrogens with one attached hydrogen (secondary N) is 2. The number of aromatic nitrogens is 3. The molecule has 1 aromatic carbocycles. The largest absolute Gasteiger partial charge is 0.385 e. The minimum Gasteiger partial charge on any atom is -0.385 e. The summed E-state index contributed by atoms with van der Waals surface area (Å²) >= 11 is 0. The van der Waals surface area contributed by atoms with Gasteiger partial charge in [-0.1, -0.05) is 6.07 Å². The Hall–Kier alpha value is -2.36. The molecule has 0 fully saturated rings. The number of aromatic amines is 1. The Labute approximate surface area is 111 Å². The smallest absolute Gasteiger partial charge is 0.0670 e. The predicted molar refractivity (Wildman–Crippen MR) is 77.1 cm³/mol. The summed E-state index contributed by atoms with van der Waals surface area (Å²) < 4.78 is 0. The van der Waals surface area contributed by atoms with Crippen LogP contribution in [0, 0.1) is 0 Å². The average molecular weight is 252 g/mol. The van der Waals surface area contributed by atoms with Crippen molar-refractivity contribution >= 4 is 16.6 Å². The lowest BCUT2D eigenvalue weighted by atomic mass is 10.1. The minimum atomic E-state index is 0.953. The summed E-state index contributed by atoms with van der Waals surface area (Å²) in [7, 11) is 0. The first-order chi connectivity index (χ1) is 9.42. The second-order valence-electron chi connectivity index (χ2n) is 4.56. The molecule has 2 heterocycles. The Kier molecular flexibility index (Phi) is 3.40. The maximum Gasteiger partial charge on any atom is 0.0670 e. The molecule has 3 rings (SSSR count). The van der Waals surface area contributed by atoms with Gasteiger partial charge in [0.25, 0.3) is 0 Å². The Balaban J connectivity index is 1.52. The fourth-order valence-corrected chi connectivity index (χ4v) is 2.12. The highest BCUT2D eigenvalue weighted by molar-refractivity contribution is 5.81. The van der Waals surface area contributed by atoms with E-state index < -0.39 is 0 Å². The lowest BCUT2D eigenvalue weighted by molar-refractivity contribution is 0.858. The van der Waals surface area contributed by atoms with Gasteiger partial charge in [-0.2, -0.15) is 5.10 Å². The molecule has 0 unspecified atom stereocenters. The Morgan fingerprint density at radius 2 is 2.16 bits per heavy atom. The van der Waals surface area contributed by atoms with E-state index in [9.17, 15) is 0 Å². The summed E-state index contributed by atoms with van der Waals surface area (Å²) in [6, 6.07) is 10.3. The zero-order valence-corrected chi connectivity index (χ0v) is 10.6. The van der Waals surface area contributed by atoms with Gasteiger partial charge in [-0.25, -0.2) is 0 Å². The second kappa shape index (κ2) is 5.52. The zero-order valence-electron chi connectivity index (χ0n) is 10.6. The molecular weight excluding hydrogens is 236 g/mol. The quantitative estimate of drug-likeness (QED) is 0.686. The van der Waals surface area contributed by atoms with Crippen LogP contribution in [-0.4, -0.2) is 21.7 Å². The molecule has 0 aliphatic carbocycles. The predicted octanol–water partition coefficient (Wildman–Crippen LogP) is 3.00. The topological polar surface area (TPSA) is 53.6 Å². The first-order valence-electron chi connectivity index (χ1n) is 6.48. The van der Waals surface area contributed by atoms with E-state index in [4.69, 9.17) is 0 Å². The summed E-state index contributed by atoms with van der Waals surface area (Å²) in [5.41, 5.74) is 3.48. The van der Waals surface area contributed by atoms with E-state index in [2.05, 4.69) is 44.8 Å². The van der Waals surface area contributed by atoms with Gasteiger partial charge in [0.1, 0.15) is 0 Å². The lowest BCUT2D eigenvalue weighted by Gasteiger charge is -2.06. The van der Waals surface area contributed by atoms with Crippen molar-refractivity contribution in [2.75, 3.05) is 11.9 Å². The molecule has 0 atom stereocenters. The van der Waals surface area contributed by atoms with E-state index in [1.54, 1.807) is 6.20 Å². The Morgan fingerprint density at radius 3 is 3.05 bits per heavy atom. The highest BCUT2D eigenvalue weighted by Gasteiger charge is 1.98. The fraction of sp³-hybridized carbons (Fsp3) is 0.200. The van der Waals surface area contributed by atoms with Crippen LogP contribution in [0.2, 0.25) is 0 Å². The highest BCUT2D eigenvalue weighted by atomic mass is 15.1. The normalized spacial score (nSPS) is 10.7. The van der Waals surface area contributed by atoms with Gasteiger partial charge < -0.3 is 5.32 Å². The van der Waals surface area contributed by atoms with E-state index in [-0.39, 0.29) is 0 Å². The van der Waals surface area contributed by atoms with Crippen LogP contribution in [-0.2, 0) is 6.42 Å². The molecule has 2 N–H and O–H groups in total. The number of aryl methyl sites for hydroxylation is 1. The number of nitrogens with zero attached hydrogens (tertiary/aromatic N) is 2. The Morgan fingerprint density at radius 1 is 1.16 bits per heavy atom. The molecule has 0 saturated heterocycles. The molecular formula is C15H16N4. The van der Waals surface area contributed by atoms with Gasteiger partial charge in [-0.15, -0.1) is 0 Å². The number of H-pyrrole nitrogens is 1. The van der Waals surface area contributed by atoms with Crippen LogP contribution in [0.25, 0.3) is 10.9 Å². The van der Waals surface area contributed by atoms with Crippen molar-refractivity contribution < 1.29 is 0 Å². The van der Waals surface area contributed by atoms with Gasteiger partial charge in [0.15, 0.2) is 0 Å². The SMILES string of the molecule is c1cncc(CCCNc2ccc3cn[nH]c3c2)c1. The molecule has 0 aliphatic rings. The molecule has 0 spiro atoms. The van der Waals surface area contributed by atoms with Crippen LogP contribution in [0.4, 0.5) is 5.69 Å². The lowest BCUT2D eigenvalue weighted by Crippen LogP contribution is -2.02. The average Bonchev–Trinajstić information content (AvgIpc) is 2.92. The first kappa shape index (κ1) is 11.7. The second-order valence-corrected chi connectivity index (χ2v) is 4.56. The zero-order chi connectivity index (χ0) is 12.9. The summed E-state index contributed by atoms with van der Waals surface area (Å²) in [6.07, 6.45) is 7.71. The fourth-order valence-electron chi connectivity index (χ4n) is 2.12. The minimum absolute atomic E-state index is 0.953. The third kappa shape index (κ3) is 2.91. The van der Waals surface area contributed by atoms with Crippen molar-refractivity contribution in [1.29, 1.82) is 0 Å². The number of hydrogen-bond acceptors (Lipinski definition) is 3. The number of fused-ring (bicyclic) bond motifs is 1. The van der Waals surface area contributed by atoms with Crippen LogP contribution >= 0.6 is 0 Å². The van der Waals surface area contributed by atoms with E-state index in [0.29, 0.717) is 0 Å². The summed E-state index contributed by atoms with van der Waals surface area (Å²) in [4.78, 5) is 4.12. The molecule has 0 saturated carbocycles. The highest BCUT2D eigenvalue weighted by Crippen LogP contribution is 2.16. The van der Waals surface area contributed by atoms with Crippen molar-refractivity contribution in [3.63, 3.8) is 0 Å². The monoisotopic (exact) mass is 252 g/mol. The molecule has 0 aliphatic heterocycles. The third-order valence-corrected chi connectivity index (χ3v) is 3.14. The number of rotatable bonds is 5. The molecule has 0 amide bonds. The van der Waals surface area contributed by atoms with Crippen molar-refractivity contribution in [2.45, 2.75) is 12.8 Å². The van der Waals surface area contributed by atoms with Crippen LogP contribution in [0.1, 0.15) is 12.0 Å². The van der Waals surface area contributed by atoms with Crippen LogP contribution in [0.15, 0.2) is 48.9 Å². The number of pyridine rings is 1. The van der Waals surface area contributed by atoms with Gasteiger partial charge >= 0.3 is 0 Å². The van der Waals surface area contributed by atoms with E-state index in [0.717, 1.165) is 36.0 Å². The third-order valence-electron chi connectivity index (χ3n) is 3.14. The Bertz CT molecular complexity index is 645. The number of benzene rings is 1. The van der Waals surface area contributed by atoms with E-state index >= 15 is 0 Å². The molecule has 4 heteroatoms. The molecule has 0 bridgehead atoms. The first-order valence-corrected chi connectivity index (χ1v) is 6.48. The molecule has 19 heavy (non-hydrogen) atoms. The maximum atomic E-state index is 4.12. The number of hydrogen-bond donors (Lipinski definition) is 2. The summed E-state index contributed by atoms with van der Waals surface area (Å²) in [6.45, 7) is 0.953. The molecule has 0 radical (unpaired) electrons. The van der Waals surface area contributed by atoms with E-state index in [1.807, 2.05) is 18.5 Å². The van der Waals surface area contributed by atoms with Crippen LogP contribution in [0.5, 0.6) is 0 Å². The molecule has 4 nitrogen and oxygen atoms in total. The molecule has 2 aromatic heterocycles. The standard InChI is InChI=1S/C15H16N4/c1-3-12(10-16-7-1)4-2-8-17-14-6-5-13-11-18-19-15(13)9-14/h1,3,5-7,9-11,17H,2,4,8H2,(H,18,19). The molecule has 96 valence electrons. The van der Waals surface area contributed by atoms with Gasteiger partial charge in [-0.05, 0) is 42.7 Å².